The highest BCUT2D eigenvalue weighted by atomic mass is 32.1. The zero-order valence-electron chi connectivity index (χ0n) is 28.6. The lowest BCUT2D eigenvalue weighted by Crippen LogP contribution is -2.54. The molecule has 2 aromatic carbocycles. The van der Waals surface area contributed by atoms with E-state index in [0.717, 1.165) is 80.9 Å². The summed E-state index contributed by atoms with van der Waals surface area (Å²) in [5.74, 6) is 6.45. The van der Waals surface area contributed by atoms with Crippen LogP contribution in [0.3, 0.4) is 0 Å². The summed E-state index contributed by atoms with van der Waals surface area (Å²) in [5.41, 5.74) is 5.79. The van der Waals surface area contributed by atoms with Gasteiger partial charge in [0.1, 0.15) is 23.5 Å². The van der Waals surface area contributed by atoms with Crippen molar-refractivity contribution < 1.29 is 23.9 Å². The number of rotatable bonds is 9. The van der Waals surface area contributed by atoms with Gasteiger partial charge in [-0.3, -0.25) is 38.6 Å². The minimum absolute atomic E-state index is 0.0916. The van der Waals surface area contributed by atoms with Gasteiger partial charge in [0.25, 0.3) is 11.8 Å². The molecule has 0 bridgehead atoms. The summed E-state index contributed by atoms with van der Waals surface area (Å²) in [5, 5.41) is 16.5. The Labute approximate surface area is 303 Å². The van der Waals surface area contributed by atoms with Crippen molar-refractivity contribution in [2.24, 2.45) is 0 Å². The second-order valence-corrected chi connectivity index (χ2v) is 14.2. The van der Waals surface area contributed by atoms with Gasteiger partial charge < -0.3 is 4.74 Å². The third-order valence-electron chi connectivity index (χ3n) is 9.73. The van der Waals surface area contributed by atoms with E-state index >= 15 is 0 Å². The first-order valence-corrected chi connectivity index (χ1v) is 18.2. The predicted molar refractivity (Wildman–Crippen MR) is 191 cm³/mol. The molecule has 0 spiro atoms. The quantitative estimate of drug-likeness (QED) is 0.132. The van der Waals surface area contributed by atoms with Gasteiger partial charge in [-0.05, 0) is 61.8 Å². The molecule has 4 amide bonds. The summed E-state index contributed by atoms with van der Waals surface area (Å²) in [6.45, 7) is 3.57. The molecule has 52 heavy (non-hydrogen) atoms. The van der Waals surface area contributed by atoms with Crippen molar-refractivity contribution in [1.29, 1.82) is 0 Å². The van der Waals surface area contributed by atoms with Crippen LogP contribution in [0, 0.1) is 18.8 Å². The van der Waals surface area contributed by atoms with E-state index in [0.29, 0.717) is 30.8 Å². The van der Waals surface area contributed by atoms with E-state index in [1.165, 1.54) is 5.56 Å². The molecule has 12 nitrogen and oxygen atoms in total. The number of ether oxygens (including phenoxy) is 1. The van der Waals surface area contributed by atoms with Gasteiger partial charge in [0.05, 0.1) is 34.4 Å². The Morgan fingerprint density at radius 3 is 2.67 bits per heavy atom. The fraction of sp³-hybridized carbons (Fsp3) is 0.308. The lowest BCUT2D eigenvalue weighted by molar-refractivity contribution is -0.136. The van der Waals surface area contributed by atoms with E-state index in [-0.39, 0.29) is 12.8 Å². The summed E-state index contributed by atoms with van der Waals surface area (Å²) in [7, 11) is 0. The van der Waals surface area contributed by atoms with Gasteiger partial charge in [-0.1, -0.05) is 60.7 Å². The van der Waals surface area contributed by atoms with E-state index < -0.39 is 29.7 Å². The molecule has 1 unspecified atom stereocenters. The van der Waals surface area contributed by atoms with Crippen LogP contribution in [0.25, 0.3) is 5.00 Å². The number of hydrogen-bond donors (Lipinski definition) is 1. The Balaban J connectivity index is 0.915. The van der Waals surface area contributed by atoms with Crippen molar-refractivity contribution in [3.63, 3.8) is 0 Å². The smallest absolute Gasteiger partial charge is 0.262 e. The van der Waals surface area contributed by atoms with Crippen LogP contribution in [-0.2, 0) is 46.9 Å². The molecule has 0 radical (unpaired) electrons. The SMILES string of the molecule is Cc1nnc2n1-c1sc(C#Cc3cnn(CCCCCc4cccc5c4C(=O)N(C4CCC(=O)NC4=O)C5=O)c3)c(Cc3ccccc3)c1COC2. The lowest BCUT2D eigenvalue weighted by atomic mass is 9.98. The van der Waals surface area contributed by atoms with E-state index in [2.05, 4.69) is 49.2 Å². The van der Waals surface area contributed by atoms with Crippen LogP contribution in [0.4, 0.5) is 0 Å². The van der Waals surface area contributed by atoms with Crippen LogP contribution in [0.1, 0.15) is 97.2 Å². The molecule has 1 saturated heterocycles. The monoisotopic (exact) mass is 713 g/mol. The number of amides is 4. The number of carbonyl (C=O) groups is 4. The topological polar surface area (TPSA) is 141 Å². The molecule has 13 heteroatoms. The number of hydrogen-bond acceptors (Lipinski definition) is 9. The number of fused-ring (bicyclic) bond motifs is 4. The number of imide groups is 2. The molecule has 1 atom stereocenters. The molecule has 5 aromatic rings. The number of carbonyl (C=O) groups excluding carboxylic acids is 4. The maximum atomic E-state index is 13.4. The van der Waals surface area contributed by atoms with Gasteiger partial charge in [0.15, 0.2) is 5.82 Å². The Bertz CT molecular complexity index is 2290. The third-order valence-corrected chi connectivity index (χ3v) is 10.9. The van der Waals surface area contributed by atoms with Crippen molar-refractivity contribution in [2.75, 3.05) is 0 Å². The fourth-order valence-corrected chi connectivity index (χ4v) is 8.40. The van der Waals surface area contributed by atoms with Gasteiger partial charge in [-0.2, -0.15) is 5.10 Å². The molecule has 0 saturated carbocycles. The number of aromatic nitrogens is 5. The Morgan fingerprint density at radius 2 is 1.83 bits per heavy atom. The summed E-state index contributed by atoms with van der Waals surface area (Å²) < 4.78 is 10.0. The van der Waals surface area contributed by atoms with Crippen LogP contribution in [0.15, 0.2) is 60.9 Å². The molecule has 3 aromatic heterocycles. The largest absolute Gasteiger partial charge is 0.369 e. The van der Waals surface area contributed by atoms with E-state index in [1.54, 1.807) is 29.7 Å². The maximum absolute atomic E-state index is 13.4. The highest BCUT2D eigenvalue weighted by molar-refractivity contribution is 7.15. The molecule has 8 rings (SSSR count). The first-order valence-electron chi connectivity index (χ1n) is 17.4. The van der Waals surface area contributed by atoms with Gasteiger partial charge >= 0.3 is 0 Å². The predicted octanol–water partition coefficient (Wildman–Crippen LogP) is 4.67. The van der Waals surface area contributed by atoms with E-state index in [9.17, 15) is 19.2 Å². The van der Waals surface area contributed by atoms with E-state index in [1.807, 2.05) is 42.1 Å². The molecule has 3 aliphatic heterocycles. The number of unbranched alkanes of at least 4 members (excludes halogenated alkanes) is 2. The number of benzene rings is 2. The minimum atomic E-state index is -0.972. The fourth-order valence-electron chi connectivity index (χ4n) is 7.15. The van der Waals surface area contributed by atoms with Crippen molar-refractivity contribution in [2.45, 2.75) is 77.7 Å². The summed E-state index contributed by atoms with van der Waals surface area (Å²) in [6, 6.07) is 14.7. The van der Waals surface area contributed by atoms with Crippen LogP contribution in [0.2, 0.25) is 0 Å². The second kappa shape index (κ2) is 14.1. The van der Waals surface area contributed by atoms with Gasteiger partial charge in [0.2, 0.25) is 11.8 Å². The van der Waals surface area contributed by atoms with Gasteiger partial charge in [0, 0.05) is 24.7 Å². The number of piperidine rings is 1. The third kappa shape index (κ3) is 6.35. The summed E-state index contributed by atoms with van der Waals surface area (Å²) >= 11 is 1.64. The number of aryl methyl sites for hydroxylation is 3. The number of nitrogens with one attached hydrogen (secondary N) is 1. The zero-order valence-corrected chi connectivity index (χ0v) is 29.4. The Hall–Kier alpha value is -5.71. The molecule has 1 fully saturated rings. The van der Waals surface area contributed by atoms with Crippen molar-refractivity contribution in [3.8, 4) is 16.8 Å². The van der Waals surface area contributed by atoms with Crippen molar-refractivity contribution in [3.05, 3.63) is 116 Å². The van der Waals surface area contributed by atoms with Crippen LogP contribution in [-0.4, -0.2) is 59.1 Å². The first-order chi connectivity index (χ1) is 25.4. The highest BCUT2D eigenvalue weighted by Gasteiger charge is 2.45. The standard InChI is InChI=1S/C39H35N7O5S/c1-24-42-43-33-23-51-22-30-29(19-25-9-4-2-5-10-25)32(52-39(30)45(24)33)16-14-26-20-40-44(21-26)18-7-3-6-11-27-12-8-13-28-35(27)38(50)46(37(28)49)31-15-17-34(47)41-36(31)48/h2,4-5,8-10,12-13,20-21,31H,3,6-7,11,15,17-19,22-23H2,1H3,(H,41,47,48). The highest BCUT2D eigenvalue weighted by Crippen LogP contribution is 2.37. The summed E-state index contributed by atoms with van der Waals surface area (Å²) in [4.78, 5) is 52.6. The second-order valence-electron chi connectivity index (χ2n) is 13.2. The molecule has 262 valence electrons. The zero-order chi connectivity index (χ0) is 35.8. The van der Waals surface area contributed by atoms with Crippen molar-refractivity contribution >= 4 is 35.0 Å². The maximum Gasteiger partial charge on any atom is 0.262 e. The normalized spacial score (nSPS) is 16.6. The average Bonchev–Trinajstić information content (AvgIpc) is 3.87. The van der Waals surface area contributed by atoms with Gasteiger partial charge in [-0.25, -0.2) is 0 Å². The lowest BCUT2D eigenvalue weighted by Gasteiger charge is -2.27. The Kier molecular flexibility index (Phi) is 9.09. The van der Waals surface area contributed by atoms with Crippen molar-refractivity contribution in [1.82, 2.24) is 34.8 Å². The number of thiophene rings is 1. The molecular weight excluding hydrogens is 679 g/mol. The molecule has 3 aliphatic rings. The Morgan fingerprint density at radius 1 is 0.962 bits per heavy atom. The molecular formula is C39H35N7O5S. The van der Waals surface area contributed by atoms with Gasteiger partial charge in [-0.15, -0.1) is 21.5 Å². The van der Waals surface area contributed by atoms with Crippen LogP contribution in [0.5, 0.6) is 0 Å². The van der Waals surface area contributed by atoms with E-state index in [4.69, 9.17) is 4.74 Å². The molecule has 1 N–H and O–H groups in total. The average molecular weight is 714 g/mol. The molecule has 6 heterocycles. The summed E-state index contributed by atoms with van der Waals surface area (Å²) in [6.07, 6.45) is 7.92. The van der Waals surface area contributed by atoms with Crippen LogP contribution < -0.4 is 5.32 Å². The molecule has 0 aliphatic carbocycles. The number of nitrogens with zero attached hydrogens (tertiary/aromatic N) is 6. The van der Waals surface area contributed by atoms with Crippen LogP contribution >= 0.6 is 11.3 Å². The first kappa shape index (κ1) is 33.4. The minimum Gasteiger partial charge on any atom is -0.369 e.